The van der Waals surface area contributed by atoms with Crippen LogP contribution in [0.15, 0.2) is 48.5 Å². The van der Waals surface area contributed by atoms with E-state index in [2.05, 4.69) is 11.4 Å². The van der Waals surface area contributed by atoms with Crippen molar-refractivity contribution >= 4 is 60.7 Å². The van der Waals surface area contributed by atoms with Crippen LogP contribution in [-0.4, -0.2) is 23.7 Å². The monoisotopic (exact) mass is 558 g/mol. The lowest BCUT2D eigenvalue weighted by Crippen LogP contribution is -2.36. The minimum Gasteiger partial charge on any atom is -0.545 e. The highest BCUT2D eigenvalue weighted by atomic mass is 16.4. The number of carbonyl (C=O) groups excluding carboxylic acids is 3. The van der Waals surface area contributed by atoms with Crippen LogP contribution in [0.4, 0.5) is 0 Å². The molecule has 0 atom stereocenters. The first-order valence-electron chi connectivity index (χ1n) is 15.6. The van der Waals surface area contributed by atoms with Crippen LogP contribution < -0.4 is 10.4 Å². The Morgan fingerprint density at radius 1 is 0.643 bits per heavy atom. The van der Waals surface area contributed by atoms with E-state index >= 15 is 0 Å². The lowest BCUT2D eigenvalue weighted by Gasteiger charge is -2.24. The molecule has 0 radical (unpaired) electrons. The van der Waals surface area contributed by atoms with Crippen LogP contribution in [0.5, 0.6) is 0 Å². The number of amides is 1. The van der Waals surface area contributed by atoms with Gasteiger partial charge in [-0.2, -0.15) is 0 Å². The van der Waals surface area contributed by atoms with E-state index in [0.29, 0.717) is 28.9 Å². The van der Waals surface area contributed by atoms with Gasteiger partial charge in [-0.1, -0.05) is 93.8 Å². The number of carbonyl (C=O) groups is 3. The van der Waals surface area contributed by atoms with Crippen LogP contribution in [0, 0.1) is 12.8 Å². The molecule has 7 rings (SSSR count). The molecule has 5 aromatic carbocycles. The maximum atomic E-state index is 13.7. The average Bonchev–Trinajstić information content (AvgIpc) is 3.00. The molecule has 5 aromatic rings. The van der Waals surface area contributed by atoms with Gasteiger partial charge in [-0.05, 0) is 75.0 Å². The number of aromatic carboxylic acids is 1. The highest BCUT2D eigenvalue weighted by molar-refractivity contribution is 6.37. The van der Waals surface area contributed by atoms with Crippen LogP contribution in [0.25, 0.3) is 43.1 Å². The summed E-state index contributed by atoms with van der Waals surface area (Å²) in [6.07, 6.45) is 11.6. The van der Waals surface area contributed by atoms with Gasteiger partial charge in [0.2, 0.25) is 0 Å². The molecule has 42 heavy (non-hydrogen) atoms. The summed E-state index contributed by atoms with van der Waals surface area (Å²) in [5, 5.41) is 22.6. The first-order chi connectivity index (χ1) is 20.4. The van der Waals surface area contributed by atoms with Gasteiger partial charge in [-0.25, -0.2) is 0 Å². The molecule has 2 aliphatic carbocycles. The van der Waals surface area contributed by atoms with E-state index in [1.165, 1.54) is 12.8 Å². The third-order valence-corrected chi connectivity index (χ3v) is 10.0. The number of aryl methyl sites for hydroxylation is 1. The molecule has 1 N–H and O–H groups in total. The molecule has 2 aliphatic rings. The fraction of sp³-hybridized carbons (Fsp3) is 0.378. The molecule has 0 aromatic heterocycles. The van der Waals surface area contributed by atoms with Gasteiger partial charge in [0.1, 0.15) is 0 Å². The maximum absolute atomic E-state index is 13.7. The number of ketones is 1. The summed E-state index contributed by atoms with van der Waals surface area (Å²) in [4.78, 5) is 39.8. The summed E-state index contributed by atoms with van der Waals surface area (Å²) in [7, 11) is 0. The predicted molar refractivity (Wildman–Crippen MR) is 167 cm³/mol. The Labute approximate surface area is 245 Å². The zero-order chi connectivity index (χ0) is 29.0. The van der Waals surface area contributed by atoms with Crippen LogP contribution in [0.3, 0.4) is 0 Å². The number of rotatable bonds is 6. The molecule has 0 spiro atoms. The average molecular weight is 559 g/mol. The Morgan fingerprint density at radius 3 is 1.79 bits per heavy atom. The summed E-state index contributed by atoms with van der Waals surface area (Å²) in [6.45, 7) is 2.04. The molecule has 0 aliphatic heterocycles. The number of carboxylic acids is 1. The molecular formula is C37H36NO4-. The lowest BCUT2D eigenvalue weighted by molar-refractivity contribution is -0.254. The van der Waals surface area contributed by atoms with Gasteiger partial charge in [0, 0.05) is 34.5 Å². The number of hydrogen-bond donors (Lipinski definition) is 1. The van der Waals surface area contributed by atoms with Crippen molar-refractivity contribution in [3.8, 4) is 0 Å². The van der Waals surface area contributed by atoms with Crippen molar-refractivity contribution in [3.63, 3.8) is 0 Å². The predicted octanol–water partition coefficient (Wildman–Crippen LogP) is 7.62. The largest absolute Gasteiger partial charge is 0.545 e. The third kappa shape index (κ3) is 4.41. The fourth-order valence-corrected chi connectivity index (χ4v) is 7.93. The van der Waals surface area contributed by atoms with Gasteiger partial charge in [-0.15, -0.1) is 0 Å². The normalized spacial score (nSPS) is 17.0. The molecule has 5 nitrogen and oxygen atoms in total. The van der Waals surface area contributed by atoms with Crippen molar-refractivity contribution in [1.29, 1.82) is 0 Å². The first kappa shape index (κ1) is 26.9. The van der Waals surface area contributed by atoms with Crippen LogP contribution in [0.2, 0.25) is 0 Å². The number of benzene rings is 5. The Kier molecular flexibility index (Phi) is 6.84. The van der Waals surface area contributed by atoms with Crippen molar-refractivity contribution in [1.82, 2.24) is 5.32 Å². The van der Waals surface area contributed by atoms with Gasteiger partial charge in [0.25, 0.3) is 5.91 Å². The minimum atomic E-state index is -1.28. The van der Waals surface area contributed by atoms with Gasteiger partial charge >= 0.3 is 0 Å². The molecule has 0 unspecified atom stereocenters. The van der Waals surface area contributed by atoms with E-state index in [4.69, 9.17) is 0 Å². The molecule has 2 fully saturated rings. The van der Waals surface area contributed by atoms with Crippen molar-refractivity contribution in [2.75, 3.05) is 0 Å². The quantitative estimate of drug-likeness (QED) is 0.132. The third-order valence-electron chi connectivity index (χ3n) is 10.0. The van der Waals surface area contributed by atoms with Crippen LogP contribution in [-0.2, 0) is 0 Å². The Morgan fingerprint density at radius 2 is 1.17 bits per heavy atom. The van der Waals surface area contributed by atoms with Crippen molar-refractivity contribution in [2.24, 2.45) is 5.92 Å². The summed E-state index contributed by atoms with van der Waals surface area (Å²) >= 11 is 0. The Hall–Kier alpha value is -3.99. The van der Waals surface area contributed by atoms with E-state index in [-0.39, 0.29) is 23.3 Å². The number of Topliss-reactive ketones (excluding diaryl/α,β-unsaturated/α-hetero) is 1. The maximum Gasteiger partial charge on any atom is 0.252 e. The zero-order valence-corrected chi connectivity index (χ0v) is 24.2. The number of nitrogens with one attached hydrogen (secondary N) is 1. The summed E-state index contributed by atoms with van der Waals surface area (Å²) in [6, 6.07) is 15.4. The second kappa shape index (κ2) is 10.7. The van der Waals surface area contributed by atoms with Crippen LogP contribution in [0.1, 0.15) is 107 Å². The standard InChI is InChI=1S/C37H37NO4/c1-21-12-13-24-26-14-17-28(31(39)20-22-8-4-2-5-9-22)35-30(37(41)42)19-16-27(34(26)35)25-15-18-29(32(21)33(24)25)36(40)38-23-10-6-3-7-11-23/h12-19,22-23H,2-11,20H2,1H3,(H,38,40)(H,41,42)/p-1. The van der Waals surface area contributed by atoms with Crippen molar-refractivity contribution < 1.29 is 19.5 Å². The smallest absolute Gasteiger partial charge is 0.252 e. The van der Waals surface area contributed by atoms with E-state index in [0.717, 1.165) is 94.6 Å². The Balaban J connectivity index is 1.45. The molecule has 0 heterocycles. The molecular weight excluding hydrogens is 522 g/mol. The number of carboxylic acid groups (broad SMARTS) is 1. The number of fused-ring (bicyclic) bond motifs is 2. The molecule has 5 heteroatoms. The molecule has 2 saturated carbocycles. The van der Waals surface area contributed by atoms with Crippen molar-refractivity contribution in [2.45, 2.75) is 83.6 Å². The van der Waals surface area contributed by atoms with Crippen LogP contribution >= 0.6 is 0 Å². The van der Waals surface area contributed by atoms with Gasteiger partial charge < -0.3 is 15.2 Å². The second-order valence-corrected chi connectivity index (χ2v) is 12.6. The van der Waals surface area contributed by atoms with E-state index < -0.39 is 5.97 Å². The summed E-state index contributed by atoms with van der Waals surface area (Å²) in [5.74, 6) is -0.970. The summed E-state index contributed by atoms with van der Waals surface area (Å²) in [5.41, 5.74) is 2.22. The first-order valence-corrected chi connectivity index (χ1v) is 15.6. The minimum absolute atomic E-state index is 0.00248. The topological polar surface area (TPSA) is 86.3 Å². The highest BCUT2D eigenvalue weighted by Crippen LogP contribution is 2.44. The Bertz CT molecular complexity index is 1850. The SMILES string of the molecule is Cc1ccc2c3ccc(C(=O)CC4CCCCC4)c4c(C(=O)[O-])ccc(c5ccc(C(=O)NC6CCCCC6)c1c52)c43. The van der Waals surface area contributed by atoms with E-state index in [1.807, 2.05) is 43.3 Å². The van der Waals surface area contributed by atoms with Gasteiger partial charge in [0.05, 0.1) is 5.97 Å². The van der Waals surface area contributed by atoms with E-state index in [9.17, 15) is 19.5 Å². The summed E-state index contributed by atoms with van der Waals surface area (Å²) < 4.78 is 0. The van der Waals surface area contributed by atoms with Gasteiger partial charge in [0.15, 0.2) is 5.78 Å². The molecule has 1 amide bonds. The van der Waals surface area contributed by atoms with E-state index in [1.54, 1.807) is 6.07 Å². The molecule has 214 valence electrons. The number of hydrogen-bond acceptors (Lipinski definition) is 4. The van der Waals surface area contributed by atoms with Crippen molar-refractivity contribution in [3.05, 3.63) is 70.8 Å². The van der Waals surface area contributed by atoms with Gasteiger partial charge in [-0.3, -0.25) is 9.59 Å². The highest BCUT2D eigenvalue weighted by Gasteiger charge is 2.25. The second-order valence-electron chi connectivity index (χ2n) is 12.6. The molecule has 0 bridgehead atoms. The lowest BCUT2D eigenvalue weighted by atomic mass is 9.81. The zero-order valence-electron chi connectivity index (χ0n) is 24.2. The fourth-order valence-electron chi connectivity index (χ4n) is 7.93. The molecule has 0 saturated heterocycles.